The van der Waals surface area contributed by atoms with Crippen LogP contribution in [0.25, 0.3) is 11.4 Å². The Hall–Kier alpha value is -2.81. The van der Waals surface area contributed by atoms with Gasteiger partial charge in [-0.2, -0.15) is 4.98 Å². The minimum atomic E-state index is -0.505. The zero-order valence-electron chi connectivity index (χ0n) is 17.8. The molecule has 0 aliphatic carbocycles. The van der Waals surface area contributed by atoms with Crippen molar-refractivity contribution in [2.45, 2.75) is 46.3 Å². The number of nitrogens with zero attached hydrogens (tertiary/aromatic N) is 3. The Bertz CT molecular complexity index is 830. The average Bonchev–Trinajstić information content (AvgIpc) is 3.14. The fraction of sp³-hybridized carbons (Fsp3) is 0.500. The number of carbonyl (C=O) groups excluding carboxylic acids is 1. The Morgan fingerprint density at radius 1 is 1.17 bits per heavy atom. The first kappa shape index (κ1) is 23.5. The topological polar surface area (TPSA) is 114 Å². The van der Waals surface area contributed by atoms with Gasteiger partial charge in [0.1, 0.15) is 12.1 Å². The standard InChI is InChI=1S/C20H29ClN6O3/c1-5-22-18(23-11-6-12-24-19(28)29-20(2,3)4)25-13-16-26-17(27-30-16)14-7-9-15(21)10-8-14/h7-10H,5-6,11-13H2,1-4H3,(H,24,28)(H2,22,23,25). The first-order valence-electron chi connectivity index (χ1n) is 9.84. The van der Waals surface area contributed by atoms with Crippen LogP contribution in [0.1, 0.15) is 40.0 Å². The zero-order valence-corrected chi connectivity index (χ0v) is 18.5. The molecule has 2 rings (SSSR count). The van der Waals surface area contributed by atoms with Crippen LogP contribution in [0.5, 0.6) is 0 Å². The fourth-order valence-electron chi connectivity index (χ4n) is 2.32. The van der Waals surface area contributed by atoms with E-state index in [2.05, 4.69) is 31.1 Å². The van der Waals surface area contributed by atoms with Crippen LogP contribution in [0.3, 0.4) is 0 Å². The van der Waals surface area contributed by atoms with E-state index in [9.17, 15) is 4.79 Å². The largest absolute Gasteiger partial charge is 0.444 e. The molecule has 0 saturated heterocycles. The number of alkyl carbamates (subject to hydrolysis) is 1. The number of aromatic nitrogens is 2. The average molecular weight is 437 g/mol. The summed E-state index contributed by atoms with van der Waals surface area (Å²) < 4.78 is 10.5. The Morgan fingerprint density at radius 3 is 2.53 bits per heavy atom. The summed E-state index contributed by atoms with van der Waals surface area (Å²) in [5.41, 5.74) is 0.316. The molecule has 0 aliphatic heterocycles. The highest BCUT2D eigenvalue weighted by Gasteiger charge is 2.15. The first-order valence-corrected chi connectivity index (χ1v) is 10.2. The van der Waals surface area contributed by atoms with Gasteiger partial charge in [-0.3, -0.25) is 0 Å². The molecule has 0 spiro atoms. The third-order valence-electron chi connectivity index (χ3n) is 3.60. The van der Waals surface area contributed by atoms with Crippen LogP contribution in [0.2, 0.25) is 5.02 Å². The number of hydrogen-bond donors (Lipinski definition) is 3. The number of rotatable bonds is 8. The van der Waals surface area contributed by atoms with Crippen LogP contribution in [0.4, 0.5) is 4.79 Å². The summed E-state index contributed by atoms with van der Waals surface area (Å²) in [6.45, 7) is 9.54. The number of aliphatic imine (C=N–C) groups is 1. The molecule has 0 saturated carbocycles. The smallest absolute Gasteiger partial charge is 0.407 e. The second-order valence-corrected chi connectivity index (χ2v) is 7.86. The third-order valence-corrected chi connectivity index (χ3v) is 3.85. The predicted octanol–water partition coefficient (Wildman–Crippen LogP) is 3.36. The van der Waals surface area contributed by atoms with Gasteiger partial charge in [-0.25, -0.2) is 9.79 Å². The molecule has 3 N–H and O–H groups in total. The van der Waals surface area contributed by atoms with E-state index in [4.69, 9.17) is 20.9 Å². The molecule has 1 heterocycles. The lowest BCUT2D eigenvalue weighted by molar-refractivity contribution is 0.0527. The van der Waals surface area contributed by atoms with Gasteiger partial charge in [0.25, 0.3) is 0 Å². The van der Waals surface area contributed by atoms with E-state index in [1.54, 1.807) is 12.1 Å². The maximum absolute atomic E-state index is 11.6. The van der Waals surface area contributed by atoms with Crippen molar-refractivity contribution in [2.75, 3.05) is 19.6 Å². The maximum Gasteiger partial charge on any atom is 0.407 e. The molecule has 164 valence electrons. The quantitative estimate of drug-likeness (QED) is 0.330. The number of hydrogen-bond acceptors (Lipinski definition) is 6. The lowest BCUT2D eigenvalue weighted by Gasteiger charge is -2.19. The monoisotopic (exact) mass is 436 g/mol. The number of nitrogens with one attached hydrogen (secondary N) is 3. The molecule has 0 fully saturated rings. The van der Waals surface area contributed by atoms with Crippen molar-refractivity contribution in [2.24, 2.45) is 4.99 Å². The zero-order chi connectivity index (χ0) is 22.0. The minimum absolute atomic E-state index is 0.242. The molecule has 2 aromatic rings. The molecule has 0 aliphatic rings. The van der Waals surface area contributed by atoms with Crippen LogP contribution in [0.15, 0.2) is 33.8 Å². The van der Waals surface area contributed by atoms with Crippen molar-refractivity contribution in [1.82, 2.24) is 26.1 Å². The van der Waals surface area contributed by atoms with Gasteiger partial charge < -0.3 is 25.2 Å². The number of amides is 1. The maximum atomic E-state index is 11.6. The van der Waals surface area contributed by atoms with Crippen molar-refractivity contribution < 1.29 is 14.1 Å². The molecule has 0 atom stereocenters. The highest BCUT2D eigenvalue weighted by molar-refractivity contribution is 6.30. The van der Waals surface area contributed by atoms with Crippen LogP contribution in [-0.2, 0) is 11.3 Å². The lowest BCUT2D eigenvalue weighted by atomic mass is 10.2. The Labute approximate surface area is 181 Å². The summed E-state index contributed by atoms with van der Waals surface area (Å²) in [6.07, 6.45) is 0.293. The molecule has 0 radical (unpaired) electrons. The highest BCUT2D eigenvalue weighted by Crippen LogP contribution is 2.18. The van der Waals surface area contributed by atoms with E-state index in [-0.39, 0.29) is 6.54 Å². The molecule has 0 unspecified atom stereocenters. The van der Waals surface area contributed by atoms with E-state index in [0.717, 1.165) is 5.56 Å². The van der Waals surface area contributed by atoms with Gasteiger partial charge in [0.15, 0.2) is 5.96 Å². The van der Waals surface area contributed by atoms with Crippen molar-refractivity contribution in [3.63, 3.8) is 0 Å². The Kier molecular flexibility index (Phi) is 8.91. The highest BCUT2D eigenvalue weighted by atomic mass is 35.5. The summed E-state index contributed by atoms with van der Waals surface area (Å²) in [5.74, 6) is 1.52. The fourth-order valence-corrected chi connectivity index (χ4v) is 2.45. The van der Waals surface area contributed by atoms with Crippen molar-refractivity contribution in [1.29, 1.82) is 0 Å². The summed E-state index contributed by atoms with van der Waals surface area (Å²) in [5, 5.41) is 13.7. The number of halogens is 1. The molecule has 10 heteroatoms. The number of carbonyl (C=O) groups is 1. The number of benzene rings is 1. The van der Waals surface area contributed by atoms with E-state index in [1.165, 1.54) is 0 Å². The predicted molar refractivity (Wildman–Crippen MR) is 116 cm³/mol. The van der Waals surface area contributed by atoms with Gasteiger partial charge in [0, 0.05) is 30.2 Å². The van der Waals surface area contributed by atoms with Gasteiger partial charge in [-0.1, -0.05) is 16.8 Å². The summed E-state index contributed by atoms with van der Waals surface area (Å²) >= 11 is 5.90. The summed E-state index contributed by atoms with van der Waals surface area (Å²) in [4.78, 5) is 20.4. The van der Waals surface area contributed by atoms with Gasteiger partial charge >= 0.3 is 6.09 Å². The summed E-state index contributed by atoms with van der Waals surface area (Å²) in [7, 11) is 0. The van der Waals surface area contributed by atoms with Crippen molar-refractivity contribution in [3.05, 3.63) is 35.2 Å². The van der Waals surface area contributed by atoms with E-state index >= 15 is 0 Å². The molecule has 1 aromatic heterocycles. The lowest BCUT2D eigenvalue weighted by Crippen LogP contribution is -2.39. The third kappa shape index (κ3) is 8.69. The second-order valence-electron chi connectivity index (χ2n) is 7.42. The van der Waals surface area contributed by atoms with Crippen LogP contribution in [0, 0.1) is 0 Å². The van der Waals surface area contributed by atoms with Crippen LogP contribution >= 0.6 is 11.6 Å². The summed E-state index contributed by atoms with van der Waals surface area (Å²) in [6, 6.07) is 7.21. The van der Waals surface area contributed by atoms with Gasteiger partial charge in [-0.05, 0) is 58.4 Å². The van der Waals surface area contributed by atoms with Crippen molar-refractivity contribution in [3.8, 4) is 11.4 Å². The van der Waals surface area contributed by atoms with Crippen LogP contribution in [-0.4, -0.2) is 47.4 Å². The van der Waals surface area contributed by atoms with Gasteiger partial charge in [0.05, 0.1) is 0 Å². The van der Waals surface area contributed by atoms with Gasteiger partial charge in [0.2, 0.25) is 11.7 Å². The SMILES string of the molecule is CCNC(=NCc1nc(-c2ccc(Cl)cc2)no1)NCCCNC(=O)OC(C)(C)C. The molecular formula is C20H29ClN6O3. The van der Waals surface area contributed by atoms with Crippen LogP contribution < -0.4 is 16.0 Å². The molecule has 1 amide bonds. The normalized spacial score (nSPS) is 11.8. The van der Waals surface area contributed by atoms with E-state index in [1.807, 2.05) is 39.8 Å². The first-order chi connectivity index (χ1) is 14.3. The van der Waals surface area contributed by atoms with E-state index < -0.39 is 11.7 Å². The van der Waals surface area contributed by atoms with Gasteiger partial charge in [-0.15, -0.1) is 0 Å². The van der Waals surface area contributed by atoms with E-state index in [0.29, 0.717) is 48.8 Å². The Morgan fingerprint density at radius 2 is 1.87 bits per heavy atom. The molecule has 1 aromatic carbocycles. The number of ether oxygens (including phenoxy) is 1. The second kappa shape index (κ2) is 11.4. The molecule has 0 bridgehead atoms. The molecule has 9 nitrogen and oxygen atoms in total. The van der Waals surface area contributed by atoms with Crippen molar-refractivity contribution >= 4 is 23.7 Å². The Balaban J connectivity index is 1.79. The number of guanidine groups is 1. The molecule has 30 heavy (non-hydrogen) atoms. The minimum Gasteiger partial charge on any atom is -0.444 e. The molecular weight excluding hydrogens is 408 g/mol.